The molecule has 1 N–H and O–H groups in total. The molecule has 0 saturated carbocycles. The largest absolute Gasteiger partial charge is 0.363 e. The molecule has 1 atom stereocenters. The van der Waals surface area contributed by atoms with Gasteiger partial charge in [-0.2, -0.15) is 10.2 Å². The van der Waals surface area contributed by atoms with E-state index in [-0.39, 0.29) is 6.04 Å². The van der Waals surface area contributed by atoms with Crippen molar-refractivity contribution in [1.29, 1.82) is 0 Å². The molecule has 0 aromatic carbocycles. The molecule has 0 amide bonds. The van der Waals surface area contributed by atoms with Gasteiger partial charge in [0, 0.05) is 31.3 Å². The highest BCUT2D eigenvalue weighted by molar-refractivity contribution is 5.86. The van der Waals surface area contributed by atoms with Crippen LogP contribution >= 0.6 is 0 Å². The van der Waals surface area contributed by atoms with Crippen molar-refractivity contribution < 1.29 is 0 Å². The topological polar surface area (TPSA) is 73.5 Å². The van der Waals surface area contributed by atoms with E-state index in [0.717, 1.165) is 41.3 Å². The Labute approximate surface area is 142 Å². The van der Waals surface area contributed by atoms with Crippen molar-refractivity contribution in [3.63, 3.8) is 0 Å². The number of nitrogens with zero attached hydrogens (tertiary/aromatic N) is 6. The van der Waals surface area contributed by atoms with Gasteiger partial charge in [-0.25, -0.2) is 9.97 Å². The normalized spacial score (nSPS) is 12.8. The predicted octanol–water partition coefficient (Wildman–Crippen LogP) is 2.93. The van der Waals surface area contributed by atoms with Gasteiger partial charge < -0.3 is 5.32 Å². The standard InChI is InChI=1S/C17H25N7/c1-7-14-20-16(13-9-18-23(6)17(13)21-14)19-10(3)15-11(4)22-24(8-2)12(15)5/h9-10H,7-8H2,1-6H3,(H,19,20,21)/t10-/m0/s1. The quantitative estimate of drug-likeness (QED) is 0.780. The van der Waals surface area contributed by atoms with Crippen molar-refractivity contribution in [2.45, 2.75) is 53.6 Å². The minimum atomic E-state index is 0.105. The lowest BCUT2D eigenvalue weighted by molar-refractivity contribution is 0.632. The molecule has 0 fully saturated rings. The number of fused-ring (bicyclic) bond motifs is 1. The van der Waals surface area contributed by atoms with Crippen LogP contribution in [0.2, 0.25) is 0 Å². The Bertz CT molecular complexity index is 875. The highest BCUT2D eigenvalue weighted by Crippen LogP contribution is 2.28. The average molecular weight is 327 g/mol. The summed E-state index contributed by atoms with van der Waals surface area (Å²) < 4.78 is 3.83. The summed E-state index contributed by atoms with van der Waals surface area (Å²) in [4.78, 5) is 9.26. The molecule has 128 valence electrons. The maximum Gasteiger partial charge on any atom is 0.163 e. The second kappa shape index (κ2) is 6.22. The predicted molar refractivity (Wildman–Crippen MR) is 95.1 cm³/mol. The van der Waals surface area contributed by atoms with E-state index in [2.05, 4.69) is 60.1 Å². The van der Waals surface area contributed by atoms with Crippen LogP contribution < -0.4 is 5.32 Å². The molecule has 3 aromatic heterocycles. The minimum absolute atomic E-state index is 0.105. The zero-order chi connectivity index (χ0) is 17.4. The van der Waals surface area contributed by atoms with Crippen LogP contribution in [0.25, 0.3) is 11.0 Å². The van der Waals surface area contributed by atoms with E-state index in [1.54, 1.807) is 4.68 Å². The summed E-state index contributed by atoms with van der Waals surface area (Å²) in [5.41, 5.74) is 4.34. The molecule has 3 rings (SSSR count). The molecule has 0 aliphatic heterocycles. The smallest absolute Gasteiger partial charge is 0.163 e. The molecular weight excluding hydrogens is 302 g/mol. The van der Waals surface area contributed by atoms with E-state index in [0.29, 0.717) is 0 Å². The third-order valence-corrected chi connectivity index (χ3v) is 4.48. The minimum Gasteiger partial charge on any atom is -0.363 e. The van der Waals surface area contributed by atoms with Crippen molar-refractivity contribution in [1.82, 2.24) is 29.5 Å². The van der Waals surface area contributed by atoms with Gasteiger partial charge in [0.2, 0.25) is 0 Å². The Kier molecular flexibility index (Phi) is 4.26. The SMILES string of the molecule is CCc1nc(N[C@@H](C)c2c(C)nn(CC)c2C)c2cnn(C)c2n1. The summed E-state index contributed by atoms with van der Waals surface area (Å²) in [6.45, 7) is 11.4. The fourth-order valence-electron chi connectivity index (χ4n) is 3.26. The summed E-state index contributed by atoms with van der Waals surface area (Å²) in [6, 6.07) is 0.105. The highest BCUT2D eigenvalue weighted by atomic mass is 15.3. The third-order valence-electron chi connectivity index (χ3n) is 4.48. The molecule has 7 nitrogen and oxygen atoms in total. The molecule has 3 aromatic rings. The molecule has 7 heteroatoms. The van der Waals surface area contributed by atoms with Crippen LogP contribution in [-0.2, 0) is 20.0 Å². The molecule has 24 heavy (non-hydrogen) atoms. The molecule has 0 bridgehead atoms. The van der Waals surface area contributed by atoms with Crippen LogP contribution in [0, 0.1) is 13.8 Å². The zero-order valence-corrected chi connectivity index (χ0v) is 15.3. The van der Waals surface area contributed by atoms with Gasteiger partial charge in [0.05, 0.1) is 23.3 Å². The van der Waals surface area contributed by atoms with Gasteiger partial charge in [0.1, 0.15) is 11.6 Å². The van der Waals surface area contributed by atoms with Gasteiger partial charge in [0.25, 0.3) is 0 Å². The van der Waals surface area contributed by atoms with E-state index in [1.165, 1.54) is 11.3 Å². The van der Waals surface area contributed by atoms with Crippen molar-refractivity contribution in [3.8, 4) is 0 Å². The van der Waals surface area contributed by atoms with Gasteiger partial charge in [-0.05, 0) is 27.7 Å². The van der Waals surface area contributed by atoms with Gasteiger partial charge >= 0.3 is 0 Å². The van der Waals surface area contributed by atoms with Crippen LogP contribution in [0.1, 0.15) is 49.6 Å². The Hall–Kier alpha value is -2.44. The number of hydrogen-bond donors (Lipinski definition) is 1. The first-order chi connectivity index (χ1) is 11.5. The van der Waals surface area contributed by atoms with Crippen molar-refractivity contribution in [2.24, 2.45) is 7.05 Å². The van der Waals surface area contributed by atoms with E-state index >= 15 is 0 Å². The first-order valence-corrected chi connectivity index (χ1v) is 8.45. The monoisotopic (exact) mass is 327 g/mol. The molecular formula is C17H25N7. The van der Waals surface area contributed by atoms with Gasteiger partial charge in [-0.1, -0.05) is 6.92 Å². The lowest BCUT2D eigenvalue weighted by Crippen LogP contribution is -2.12. The summed E-state index contributed by atoms with van der Waals surface area (Å²) in [5.74, 6) is 1.65. The zero-order valence-electron chi connectivity index (χ0n) is 15.3. The van der Waals surface area contributed by atoms with E-state index in [9.17, 15) is 0 Å². The Balaban J connectivity index is 2.02. The van der Waals surface area contributed by atoms with E-state index in [4.69, 9.17) is 0 Å². The Morgan fingerprint density at radius 1 is 1.21 bits per heavy atom. The maximum atomic E-state index is 4.68. The molecule has 0 spiro atoms. The second-order valence-corrected chi connectivity index (χ2v) is 6.11. The first kappa shape index (κ1) is 16.4. The van der Waals surface area contributed by atoms with E-state index in [1.807, 2.05) is 17.9 Å². The summed E-state index contributed by atoms with van der Waals surface area (Å²) >= 11 is 0. The van der Waals surface area contributed by atoms with Crippen LogP contribution in [0.15, 0.2) is 6.20 Å². The molecule has 0 aliphatic rings. The summed E-state index contributed by atoms with van der Waals surface area (Å²) in [6.07, 6.45) is 2.61. The number of nitrogens with one attached hydrogen (secondary N) is 1. The number of aryl methyl sites for hydroxylation is 4. The van der Waals surface area contributed by atoms with Crippen LogP contribution in [-0.4, -0.2) is 29.5 Å². The summed E-state index contributed by atoms with van der Waals surface area (Å²) in [7, 11) is 1.90. The van der Waals surface area contributed by atoms with Crippen LogP contribution in [0.3, 0.4) is 0 Å². The van der Waals surface area contributed by atoms with Crippen molar-refractivity contribution in [2.75, 3.05) is 5.32 Å². The van der Waals surface area contributed by atoms with Gasteiger partial charge in [0.15, 0.2) is 5.65 Å². The number of anilines is 1. The molecule has 0 unspecified atom stereocenters. The number of hydrogen-bond acceptors (Lipinski definition) is 5. The fraction of sp³-hybridized carbons (Fsp3) is 0.529. The second-order valence-electron chi connectivity index (χ2n) is 6.11. The van der Waals surface area contributed by atoms with Crippen LogP contribution in [0.5, 0.6) is 0 Å². The molecule has 0 radical (unpaired) electrons. The third kappa shape index (κ3) is 2.64. The maximum absolute atomic E-state index is 4.68. The highest BCUT2D eigenvalue weighted by Gasteiger charge is 2.19. The lowest BCUT2D eigenvalue weighted by atomic mass is 10.1. The molecule has 0 aliphatic carbocycles. The number of aromatic nitrogens is 6. The summed E-state index contributed by atoms with van der Waals surface area (Å²) in [5, 5.41) is 13.4. The number of rotatable bonds is 5. The van der Waals surface area contributed by atoms with Crippen molar-refractivity contribution >= 4 is 16.9 Å². The van der Waals surface area contributed by atoms with Crippen LogP contribution in [0.4, 0.5) is 5.82 Å². The fourth-order valence-corrected chi connectivity index (χ4v) is 3.26. The Morgan fingerprint density at radius 3 is 2.58 bits per heavy atom. The van der Waals surface area contributed by atoms with Gasteiger partial charge in [-0.3, -0.25) is 9.36 Å². The Morgan fingerprint density at radius 2 is 1.96 bits per heavy atom. The lowest BCUT2D eigenvalue weighted by Gasteiger charge is -2.16. The molecule has 0 saturated heterocycles. The van der Waals surface area contributed by atoms with E-state index < -0.39 is 0 Å². The molecule has 3 heterocycles. The average Bonchev–Trinajstić information content (AvgIpc) is 3.07. The van der Waals surface area contributed by atoms with Gasteiger partial charge in [-0.15, -0.1) is 0 Å². The van der Waals surface area contributed by atoms with Crippen molar-refractivity contribution in [3.05, 3.63) is 29.0 Å². The first-order valence-electron chi connectivity index (χ1n) is 8.45.